The van der Waals surface area contributed by atoms with Gasteiger partial charge in [0, 0.05) is 29.4 Å². The zero-order valence-corrected chi connectivity index (χ0v) is 15.4. The van der Waals surface area contributed by atoms with Crippen LogP contribution >= 0.6 is 11.6 Å². The fraction of sp³-hybridized carbons (Fsp3) is 0.300. The van der Waals surface area contributed by atoms with Crippen molar-refractivity contribution in [2.45, 2.75) is 26.8 Å². The molecular formula is C20H21ClN2O2. The van der Waals surface area contributed by atoms with Gasteiger partial charge < -0.3 is 9.80 Å². The molecule has 4 nitrogen and oxygen atoms in total. The minimum Gasteiger partial charge on any atom is -0.325 e. The summed E-state index contributed by atoms with van der Waals surface area (Å²) < 4.78 is 0. The number of carbonyl (C=O) groups excluding carboxylic acids is 2. The van der Waals surface area contributed by atoms with Gasteiger partial charge in [0.05, 0.1) is 0 Å². The summed E-state index contributed by atoms with van der Waals surface area (Å²) in [7, 11) is 0. The third-order valence-electron chi connectivity index (χ3n) is 4.74. The lowest BCUT2D eigenvalue weighted by Crippen LogP contribution is -2.58. The summed E-state index contributed by atoms with van der Waals surface area (Å²) in [6, 6.07) is 12.5. The molecule has 0 bridgehead atoms. The van der Waals surface area contributed by atoms with Crippen molar-refractivity contribution < 1.29 is 9.59 Å². The average Bonchev–Trinajstić information content (AvgIpc) is 2.58. The van der Waals surface area contributed by atoms with Crippen molar-refractivity contribution in [3.63, 3.8) is 0 Å². The molecule has 1 saturated heterocycles. The molecule has 25 heavy (non-hydrogen) atoms. The summed E-state index contributed by atoms with van der Waals surface area (Å²) in [5.74, 6) is -0.162. The Kier molecular flexibility index (Phi) is 4.82. The van der Waals surface area contributed by atoms with Crippen molar-refractivity contribution in [1.29, 1.82) is 0 Å². The lowest BCUT2D eigenvalue weighted by Gasteiger charge is -2.39. The number of piperazine rings is 1. The molecule has 2 aromatic rings. The van der Waals surface area contributed by atoms with E-state index in [9.17, 15) is 9.59 Å². The van der Waals surface area contributed by atoms with E-state index in [2.05, 4.69) is 0 Å². The highest BCUT2D eigenvalue weighted by atomic mass is 35.5. The molecular weight excluding hydrogens is 336 g/mol. The van der Waals surface area contributed by atoms with Gasteiger partial charge in [-0.2, -0.15) is 0 Å². The molecule has 0 N–H and O–H groups in total. The summed E-state index contributed by atoms with van der Waals surface area (Å²) >= 11 is 6.01. The molecule has 0 radical (unpaired) electrons. The lowest BCUT2D eigenvalue weighted by atomic mass is 10.0. The van der Waals surface area contributed by atoms with Gasteiger partial charge in [0.25, 0.3) is 5.91 Å². The van der Waals surface area contributed by atoms with E-state index in [-0.39, 0.29) is 11.8 Å². The maximum Gasteiger partial charge on any atom is 0.254 e. The highest BCUT2D eigenvalue weighted by Crippen LogP contribution is 2.27. The van der Waals surface area contributed by atoms with E-state index in [1.54, 1.807) is 22.8 Å². The Morgan fingerprint density at radius 2 is 1.80 bits per heavy atom. The van der Waals surface area contributed by atoms with Crippen molar-refractivity contribution in [3.8, 4) is 0 Å². The molecule has 0 aliphatic carbocycles. The number of hydrogen-bond acceptors (Lipinski definition) is 2. The normalized spacial score (nSPS) is 17.8. The third kappa shape index (κ3) is 3.27. The predicted molar refractivity (Wildman–Crippen MR) is 100 cm³/mol. The average molecular weight is 357 g/mol. The van der Waals surface area contributed by atoms with Crippen molar-refractivity contribution in [1.82, 2.24) is 4.90 Å². The molecule has 1 aliphatic rings. The van der Waals surface area contributed by atoms with Gasteiger partial charge in [-0.25, -0.2) is 0 Å². The first-order chi connectivity index (χ1) is 11.9. The van der Waals surface area contributed by atoms with E-state index in [0.717, 1.165) is 16.8 Å². The summed E-state index contributed by atoms with van der Waals surface area (Å²) in [4.78, 5) is 29.2. The first-order valence-corrected chi connectivity index (χ1v) is 8.72. The van der Waals surface area contributed by atoms with Crippen molar-refractivity contribution in [3.05, 3.63) is 64.2 Å². The molecule has 0 saturated carbocycles. The minimum atomic E-state index is -0.504. The maximum atomic E-state index is 12.9. The van der Waals surface area contributed by atoms with E-state index in [4.69, 9.17) is 11.6 Å². The summed E-state index contributed by atoms with van der Waals surface area (Å²) in [5, 5.41) is 0.648. The number of rotatable bonds is 2. The minimum absolute atomic E-state index is 0.0707. The SMILES string of the molecule is Cc1ccccc1C(=O)N1CCN(c2ccc(Cl)cc2C)C(=O)C1C. The van der Waals surface area contributed by atoms with Crippen LogP contribution in [0, 0.1) is 13.8 Å². The second-order valence-corrected chi connectivity index (χ2v) is 6.85. The van der Waals surface area contributed by atoms with Crippen LogP contribution in [0.1, 0.15) is 28.4 Å². The van der Waals surface area contributed by atoms with Gasteiger partial charge in [-0.05, 0) is 56.2 Å². The van der Waals surface area contributed by atoms with Crippen LogP contribution < -0.4 is 4.90 Å². The van der Waals surface area contributed by atoms with Gasteiger partial charge in [0.2, 0.25) is 5.91 Å². The largest absolute Gasteiger partial charge is 0.325 e. The van der Waals surface area contributed by atoms with Gasteiger partial charge in [-0.15, -0.1) is 0 Å². The molecule has 1 unspecified atom stereocenters. The van der Waals surface area contributed by atoms with Gasteiger partial charge in [-0.3, -0.25) is 9.59 Å². The highest BCUT2D eigenvalue weighted by molar-refractivity contribution is 6.30. The summed E-state index contributed by atoms with van der Waals surface area (Å²) in [6.45, 7) is 6.61. The van der Waals surface area contributed by atoms with Crippen molar-refractivity contribution in [2.24, 2.45) is 0 Å². The third-order valence-corrected chi connectivity index (χ3v) is 4.98. The van der Waals surface area contributed by atoms with E-state index in [1.807, 2.05) is 50.2 Å². The Morgan fingerprint density at radius 1 is 1.08 bits per heavy atom. The van der Waals surface area contributed by atoms with Crippen LogP contribution in [-0.4, -0.2) is 35.8 Å². The van der Waals surface area contributed by atoms with Crippen LogP contribution in [0.25, 0.3) is 0 Å². The van der Waals surface area contributed by atoms with Crippen molar-refractivity contribution in [2.75, 3.05) is 18.0 Å². The van der Waals surface area contributed by atoms with E-state index < -0.39 is 6.04 Å². The lowest BCUT2D eigenvalue weighted by molar-refractivity contribution is -0.124. The predicted octanol–water partition coefficient (Wildman–Crippen LogP) is 3.83. The fourth-order valence-electron chi connectivity index (χ4n) is 3.28. The molecule has 1 aliphatic heterocycles. The van der Waals surface area contributed by atoms with Gasteiger partial charge >= 0.3 is 0 Å². The quantitative estimate of drug-likeness (QED) is 0.820. The maximum absolute atomic E-state index is 12.9. The van der Waals surface area contributed by atoms with E-state index >= 15 is 0 Å². The summed E-state index contributed by atoms with van der Waals surface area (Å²) in [5.41, 5.74) is 3.37. The molecule has 3 rings (SSSR count). The van der Waals surface area contributed by atoms with Crippen LogP contribution in [0.5, 0.6) is 0 Å². The molecule has 130 valence electrons. The number of anilines is 1. The zero-order chi connectivity index (χ0) is 18.1. The first-order valence-electron chi connectivity index (χ1n) is 8.34. The van der Waals surface area contributed by atoms with Crippen LogP contribution in [0.15, 0.2) is 42.5 Å². The molecule has 2 aromatic carbocycles. The second kappa shape index (κ2) is 6.89. The van der Waals surface area contributed by atoms with Gasteiger partial charge in [-0.1, -0.05) is 29.8 Å². The van der Waals surface area contributed by atoms with Gasteiger partial charge in [0.1, 0.15) is 6.04 Å². The molecule has 0 spiro atoms. The number of aryl methyl sites for hydroxylation is 2. The van der Waals surface area contributed by atoms with Crippen LogP contribution in [0.3, 0.4) is 0 Å². The fourth-order valence-corrected chi connectivity index (χ4v) is 3.50. The molecule has 1 fully saturated rings. The summed E-state index contributed by atoms with van der Waals surface area (Å²) in [6.07, 6.45) is 0. The molecule has 2 amide bonds. The standard InChI is InChI=1S/C20H21ClN2O2/c1-13-6-4-5-7-17(13)20(25)22-10-11-23(19(24)15(22)3)18-9-8-16(21)12-14(18)2/h4-9,12,15H,10-11H2,1-3H3. The number of carbonyl (C=O) groups is 2. The second-order valence-electron chi connectivity index (χ2n) is 6.41. The Hall–Kier alpha value is -2.33. The van der Waals surface area contributed by atoms with E-state index in [0.29, 0.717) is 23.7 Å². The Labute approximate surface area is 153 Å². The van der Waals surface area contributed by atoms with Crippen LogP contribution in [-0.2, 0) is 4.79 Å². The monoisotopic (exact) mass is 356 g/mol. The van der Waals surface area contributed by atoms with Crippen LogP contribution in [0.4, 0.5) is 5.69 Å². The van der Waals surface area contributed by atoms with Crippen LogP contribution in [0.2, 0.25) is 5.02 Å². The smallest absolute Gasteiger partial charge is 0.254 e. The number of benzene rings is 2. The molecule has 5 heteroatoms. The molecule has 0 aromatic heterocycles. The Morgan fingerprint density at radius 3 is 2.48 bits per heavy atom. The molecule has 1 heterocycles. The number of nitrogens with zero attached hydrogens (tertiary/aromatic N) is 2. The Balaban J connectivity index is 1.84. The zero-order valence-electron chi connectivity index (χ0n) is 14.6. The number of hydrogen-bond donors (Lipinski definition) is 0. The highest BCUT2D eigenvalue weighted by Gasteiger charge is 2.36. The van der Waals surface area contributed by atoms with E-state index in [1.165, 1.54) is 0 Å². The number of halogens is 1. The van der Waals surface area contributed by atoms with Gasteiger partial charge in [0.15, 0.2) is 0 Å². The first kappa shape index (κ1) is 17.5. The topological polar surface area (TPSA) is 40.6 Å². The Bertz CT molecular complexity index is 834. The molecule has 1 atom stereocenters. The van der Waals surface area contributed by atoms with Crippen molar-refractivity contribution >= 4 is 29.1 Å². The number of amides is 2.